The Morgan fingerprint density at radius 2 is 2.17 bits per heavy atom. The number of hydrogen-bond acceptors (Lipinski definition) is 3. The third-order valence-corrected chi connectivity index (χ3v) is 3.65. The van der Waals surface area contributed by atoms with Gasteiger partial charge in [0.2, 0.25) is 5.91 Å². The Hall–Kier alpha value is -1.30. The molecule has 2 rings (SSSR count). The van der Waals surface area contributed by atoms with Crippen molar-refractivity contribution in [1.29, 1.82) is 5.41 Å². The summed E-state index contributed by atoms with van der Waals surface area (Å²) in [7, 11) is 0. The van der Waals surface area contributed by atoms with Gasteiger partial charge in [-0.1, -0.05) is 23.2 Å². The van der Waals surface area contributed by atoms with Crippen LogP contribution in [0.5, 0.6) is 0 Å². The summed E-state index contributed by atoms with van der Waals surface area (Å²) < 4.78 is 1.55. The standard InChI is InChI=1S/C11H9Cl2N3OS/c12-8-2-1-7(5-9(8)13)15-10(17)6-16-3-4-18-11(16)14/h1-5,14H,6H2,(H,15,17). The zero-order valence-electron chi connectivity index (χ0n) is 9.11. The van der Waals surface area contributed by atoms with E-state index in [1.165, 1.54) is 11.3 Å². The molecule has 7 heteroatoms. The number of nitrogens with zero attached hydrogens (tertiary/aromatic N) is 1. The van der Waals surface area contributed by atoms with Crippen molar-refractivity contribution < 1.29 is 4.79 Å². The van der Waals surface area contributed by atoms with Crippen LogP contribution in [0.25, 0.3) is 0 Å². The first-order chi connectivity index (χ1) is 8.56. The molecule has 0 radical (unpaired) electrons. The zero-order chi connectivity index (χ0) is 13.1. The van der Waals surface area contributed by atoms with Gasteiger partial charge in [0.25, 0.3) is 0 Å². The van der Waals surface area contributed by atoms with Gasteiger partial charge in [0.1, 0.15) is 6.54 Å². The molecule has 0 bridgehead atoms. The van der Waals surface area contributed by atoms with Crippen LogP contribution in [-0.4, -0.2) is 10.5 Å². The minimum atomic E-state index is -0.217. The van der Waals surface area contributed by atoms with E-state index in [1.807, 2.05) is 0 Å². The molecule has 0 unspecified atom stereocenters. The van der Waals surface area contributed by atoms with Crippen molar-refractivity contribution in [2.45, 2.75) is 6.54 Å². The SMILES string of the molecule is N=c1sccn1CC(=O)Nc1ccc(Cl)c(Cl)c1. The normalized spacial score (nSPS) is 10.3. The van der Waals surface area contributed by atoms with Crippen LogP contribution in [0.1, 0.15) is 0 Å². The third-order valence-electron chi connectivity index (χ3n) is 2.20. The molecule has 0 atom stereocenters. The predicted octanol–water partition coefficient (Wildman–Crippen LogP) is 2.97. The van der Waals surface area contributed by atoms with Crippen LogP contribution < -0.4 is 10.1 Å². The first kappa shape index (κ1) is 13.1. The lowest BCUT2D eigenvalue weighted by molar-refractivity contribution is -0.116. The van der Waals surface area contributed by atoms with Crippen LogP contribution in [0, 0.1) is 5.41 Å². The van der Waals surface area contributed by atoms with Gasteiger partial charge in [0, 0.05) is 17.3 Å². The first-order valence-electron chi connectivity index (χ1n) is 4.99. The summed E-state index contributed by atoms with van der Waals surface area (Å²) >= 11 is 12.9. The number of aromatic nitrogens is 1. The molecule has 0 aliphatic rings. The number of benzene rings is 1. The van der Waals surface area contributed by atoms with Gasteiger partial charge < -0.3 is 9.88 Å². The summed E-state index contributed by atoms with van der Waals surface area (Å²) in [6.45, 7) is 0.0998. The van der Waals surface area contributed by atoms with Crippen LogP contribution in [0.2, 0.25) is 10.0 Å². The van der Waals surface area contributed by atoms with Crippen molar-refractivity contribution in [3.8, 4) is 0 Å². The fraction of sp³-hybridized carbons (Fsp3) is 0.0909. The summed E-state index contributed by atoms with van der Waals surface area (Å²) in [6.07, 6.45) is 1.70. The number of thiazole rings is 1. The van der Waals surface area contributed by atoms with Crippen LogP contribution in [-0.2, 0) is 11.3 Å². The zero-order valence-corrected chi connectivity index (χ0v) is 11.4. The molecule has 0 aliphatic heterocycles. The van der Waals surface area contributed by atoms with Crippen molar-refractivity contribution in [2.24, 2.45) is 0 Å². The van der Waals surface area contributed by atoms with Gasteiger partial charge in [0.05, 0.1) is 10.0 Å². The van der Waals surface area contributed by atoms with Gasteiger partial charge >= 0.3 is 0 Å². The van der Waals surface area contributed by atoms with Crippen LogP contribution in [0.3, 0.4) is 0 Å². The molecule has 1 aromatic carbocycles. The number of amides is 1. The molecule has 0 fully saturated rings. The molecule has 18 heavy (non-hydrogen) atoms. The fourth-order valence-electron chi connectivity index (χ4n) is 1.36. The van der Waals surface area contributed by atoms with E-state index in [0.29, 0.717) is 20.5 Å². The highest BCUT2D eigenvalue weighted by atomic mass is 35.5. The van der Waals surface area contributed by atoms with Crippen LogP contribution >= 0.6 is 34.5 Å². The summed E-state index contributed by atoms with van der Waals surface area (Å²) in [5, 5.41) is 12.8. The minimum absolute atomic E-state index is 0.0998. The lowest BCUT2D eigenvalue weighted by Gasteiger charge is -2.06. The van der Waals surface area contributed by atoms with E-state index >= 15 is 0 Å². The molecule has 0 aliphatic carbocycles. The molecule has 4 nitrogen and oxygen atoms in total. The summed E-state index contributed by atoms with van der Waals surface area (Å²) in [5.74, 6) is -0.217. The first-order valence-corrected chi connectivity index (χ1v) is 6.63. The van der Waals surface area contributed by atoms with Gasteiger partial charge in [-0.2, -0.15) is 0 Å². The van der Waals surface area contributed by atoms with Crippen molar-refractivity contribution in [1.82, 2.24) is 4.57 Å². The Kier molecular flexibility index (Phi) is 4.06. The molecular weight excluding hydrogens is 293 g/mol. The van der Waals surface area contributed by atoms with Gasteiger partial charge in [-0.05, 0) is 18.2 Å². The maximum absolute atomic E-state index is 11.7. The summed E-state index contributed by atoms with van der Waals surface area (Å²) in [5.41, 5.74) is 0.580. The summed E-state index contributed by atoms with van der Waals surface area (Å²) in [4.78, 5) is 12.1. The van der Waals surface area contributed by atoms with E-state index in [1.54, 1.807) is 34.3 Å². The average Bonchev–Trinajstić information content (AvgIpc) is 2.70. The lowest BCUT2D eigenvalue weighted by Crippen LogP contribution is -2.23. The highest BCUT2D eigenvalue weighted by Crippen LogP contribution is 2.24. The second-order valence-corrected chi connectivity index (χ2v) is 5.22. The summed E-state index contributed by atoms with van der Waals surface area (Å²) in [6, 6.07) is 4.88. The maximum Gasteiger partial charge on any atom is 0.244 e. The van der Waals surface area contributed by atoms with Crippen molar-refractivity contribution >= 4 is 46.1 Å². The molecule has 1 amide bonds. The number of carbonyl (C=O) groups excluding carboxylic acids is 1. The van der Waals surface area contributed by atoms with Gasteiger partial charge in [-0.25, -0.2) is 0 Å². The van der Waals surface area contributed by atoms with E-state index in [0.717, 1.165) is 0 Å². The Balaban J connectivity index is 2.05. The number of anilines is 1. The third kappa shape index (κ3) is 3.13. The van der Waals surface area contributed by atoms with E-state index in [2.05, 4.69) is 5.32 Å². The van der Waals surface area contributed by atoms with Gasteiger partial charge in [0.15, 0.2) is 4.80 Å². The number of hydrogen-bond donors (Lipinski definition) is 2. The van der Waals surface area contributed by atoms with Crippen LogP contribution in [0.15, 0.2) is 29.8 Å². The molecule has 1 aromatic heterocycles. The Labute approximate surface area is 117 Å². The molecule has 0 saturated carbocycles. The van der Waals surface area contributed by atoms with E-state index in [9.17, 15) is 4.79 Å². The molecule has 1 heterocycles. The Morgan fingerprint density at radius 3 is 2.78 bits per heavy atom. The van der Waals surface area contributed by atoms with Crippen LogP contribution in [0.4, 0.5) is 5.69 Å². The molecule has 2 aromatic rings. The quantitative estimate of drug-likeness (QED) is 0.899. The second kappa shape index (κ2) is 5.56. The van der Waals surface area contributed by atoms with Crippen molar-refractivity contribution in [2.75, 3.05) is 5.32 Å². The molecule has 94 valence electrons. The predicted molar refractivity (Wildman–Crippen MR) is 73.3 cm³/mol. The monoisotopic (exact) mass is 301 g/mol. The fourth-order valence-corrected chi connectivity index (χ4v) is 2.25. The lowest BCUT2D eigenvalue weighted by atomic mass is 10.3. The molecule has 0 spiro atoms. The largest absolute Gasteiger partial charge is 0.324 e. The highest BCUT2D eigenvalue weighted by Gasteiger charge is 2.06. The Bertz CT molecular complexity index is 635. The van der Waals surface area contributed by atoms with Gasteiger partial charge in [-0.15, -0.1) is 11.3 Å². The maximum atomic E-state index is 11.7. The average molecular weight is 302 g/mol. The smallest absolute Gasteiger partial charge is 0.244 e. The molecule has 2 N–H and O–H groups in total. The second-order valence-electron chi connectivity index (χ2n) is 3.51. The number of nitrogens with one attached hydrogen (secondary N) is 2. The van der Waals surface area contributed by atoms with Gasteiger partial charge in [-0.3, -0.25) is 10.2 Å². The Morgan fingerprint density at radius 1 is 1.39 bits per heavy atom. The van der Waals surface area contributed by atoms with Crippen molar-refractivity contribution in [3.63, 3.8) is 0 Å². The number of carbonyl (C=O) groups is 1. The minimum Gasteiger partial charge on any atom is -0.324 e. The van der Waals surface area contributed by atoms with E-state index in [4.69, 9.17) is 28.6 Å². The number of rotatable bonds is 3. The van der Waals surface area contributed by atoms with Crippen molar-refractivity contribution in [3.05, 3.63) is 44.6 Å². The molecule has 0 saturated heterocycles. The van der Waals surface area contributed by atoms with E-state index in [-0.39, 0.29) is 12.5 Å². The highest BCUT2D eigenvalue weighted by molar-refractivity contribution is 7.06. The molecular formula is C11H9Cl2N3OS. The topological polar surface area (TPSA) is 57.9 Å². The van der Waals surface area contributed by atoms with E-state index < -0.39 is 0 Å². The number of halogens is 2.